The van der Waals surface area contributed by atoms with Crippen LogP contribution in [0, 0.1) is 0 Å². The summed E-state index contributed by atoms with van der Waals surface area (Å²) in [7, 11) is 0. The van der Waals surface area contributed by atoms with Gasteiger partial charge in [0, 0.05) is 0 Å². The molecule has 1 rings (SSSR count). The molecule has 2 N–H and O–H groups in total. The van der Waals surface area contributed by atoms with E-state index in [1.165, 1.54) is 12.1 Å². The zero-order chi connectivity index (χ0) is 9.56. The SMILES string of the molecule is CC.CCc1cc(O)ccc1O. The second-order valence-corrected chi connectivity index (χ2v) is 2.17. The van der Waals surface area contributed by atoms with Crippen molar-refractivity contribution >= 4 is 0 Å². The number of phenols is 2. The molecule has 0 aliphatic carbocycles. The number of hydrogen-bond donors (Lipinski definition) is 2. The highest BCUT2D eigenvalue weighted by atomic mass is 16.3. The molecule has 0 spiro atoms. The van der Waals surface area contributed by atoms with Gasteiger partial charge in [0.05, 0.1) is 0 Å². The zero-order valence-electron chi connectivity index (χ0n) is 7.83. The monoisotopic (exact) mass is 168 g/mol. The number of phenolic OH excluding ortho intramolecular Hbond substituents is 2. The first-order valence-corrected chi connectivity index (χ1v) is 4.25. The van der Waals surface area contributed by atoms with Gasteiger partial charge in [-0.1, -0.05) is 20.8 Å². The molecular formula is C10H16O2. The Bertz CT molecular complexity index is 231. The fraction of sp³-hybridized carbons (Fsp3) is 0.400. The lowest BCUT2D eigenvalue weighted by Crippen LogP contribution is -1.79. The quantitative estimate of drug-likeness (QED) is 0.633. The molecule has 0 aliphatic rings. The van der Waals surface area contributed by atoms with Gasteiger partial charge in [-0.25, -0.2) is 0 Å². The Morgan fingerprint density at radius 3 is 2.17 bits per heavy atom. The van der Waals surface area contributed by atoms with E-state index in [0.717, 1.165) is 12.0 Å². The van der Waals surface area contributed by atoms with Crippen LogP contribution in [0.4, 0.5) is 0 Å². The van der Waals surface area contributed by atoms with Gasteiger partial charge in [-0.3, -0.25) is 0 Å². The molecule has 2 nitrogen and oxygen atoms in total. The van der Waals surface area contributed by atoms with Gasteiger partial charge in [-0.2, -0.15) is 0 Å². The van der Waals surface area contributed by atoms with Crippen molar-refractivity contribution in [1.29, 1.82) is 0 Å². The molecular weight excluding hydrogens is 152 g/mol. The molecule has 1 aromatic rings. The van der Waals surface area contributed by atoms with Crippen LogP contribution >= 0.6 is 0 Å². The first-order valence-electron chi connectivity index (χ1n) is 4.25. The Balaban J connectivity index is 0.000000561. The van der Waals surface area contributed by atoms with E-state index >= 15 is 0 Å². The van der Waals surface area contributed by atoms with E-state index in [2.05, 4.69) is 0 Å². The smallest absolute Gasteiger partial charge is 0.119 e. The molecule has 1 aromatic carbocycles. The van der Waals surface area contributed by atoms with E-state index in [1.807, 2.05) is 20.8 Å². The molecule has 0 aromatic heterocycles. The normalized spacial score (nSPS) is 8.58. The maximum Gasteiger partial charge on any atom is 0.119 e. The maximum atomic E-state index is 9.12. The lowest BCUT2D eigenvalue weighted by atomic mass is 10.1. The summed E-state index contributed by atoms with van der Waals surface area (Å²) < 4.78 is 0. The Hall–Kier alpha value is -1.18. The van der Waals surface area contributed by atoms with Gasteiger partial charge in [0.1, 0.15) is 11.5 Å². The summed E-state index contributed by atoms with van der Waals surface area (Å²) in [6, 6.07) is 4.53. The van der Waals surface area contributed by atoms with Crippen molar-refractivity contribution in [2.75, 3.05) is 0 Å². The minimum Gasteiger partial charge on any atom is -0.508 e. The van der Waals surface area contributed by atoms with Crippen LogP contribution in [0.25, 0.3) is 0 Å². The third kappa shape index (κ3) is 2.82. The third-order valence-corrected chi connectivity index (χ3v) is 1.44. The highest BCUT2D eigenvalue weighted by Crippen LogP contribution is 2.21. The minimum atomic E-state index is 0.203. The summed E-state index contributed by atoms with van der Waals surface area (Å²) >= 11 is 0. The van der Waals surface area contributed by atoms with Crippen LogP contribution in [-0.2, 0) is 6.42 Å². The van der Waals surface area contributed by atoms with E-state index in [9.17, 15) is 0 Å². The highest BCUT2D eigenvalue weighted by molar-refractivity contribution is 5.38. The molecule has 2 heteroatoms. The zero-order valence-corrected chi connectivity index (χ0v) is 7.83. The lowest BCUT2D eigenvalue weighted by molar-refractivity contribution is 0.455. The van der Waals surface area contributed by atoms with Gasteiger partial charge in [-0.05, 0) is 30.2 Å². The van der Waals surface area contributed by atoms with Crippen LogP contribution in [-0.4, -0.2) is 10.2 Å². The highest BCUT2D eigenvalue weighted by Gasteiger charge is 1.97. The number of benzene rings is 1. The van der Waals surface area contributed by atoms with E-state index in [0.29, 0.717) is 0 Å². The standard InChI is InChI=1S/C8H10O2.C2H6/c1-2-6-5-7(9)3-4-8(6)10;1-2/h3-5,9-10H,2H2,1H3;1-2H3. The average Bonchev–Trinajstić information content (AvgIpc) is 2.13. The molecule has 12 heavy (non-hydrogen) atoms. The van der Waals surface area contributed by atoms with Crippen LogP contribution < -0.4 is 0 Å². The van der Waals surface area contributed by atoms with Gasteiger partial charge in [0.15, 0.2) is 0 Å². The third-order valence-electron chi connectivity index (χ3n) is 1.44. The van der Waals surface area contributed by atoms with Gasteiger partial charge in [0.25, 0.3) is 0 Å². The van der Waals surface area contributed by atoms with Crippen LogP contribution in [0.15, 0.2) is 18.2 Å². The lowest BCUT2D eigenvalue weighted by Gasteiger charge is -2.00. The topological polar surface area (TPSA) is 40.5 Å². The molecule has 68 valence electrons. The molecule has 0 heterocycles. The predicted molar refractivity (Wildman–Crippen MR) is 50.5 cm³/mol. The van der Waals surface area contributed by atoms with Crippen LogP contribution in [0.5, 0.6) is 11.5 Å². The van der Waals surface area contributed by atoms with Gasteiger partial charge in [0.2, 0.25) is 0 Å². The summed E-state index contributed by atoms with van der Waals surface area (Å²) in [5, 5.41) is 18.1. The molecule has 0 radical (unpaired) electrons. The molecule has 0 bridgehead atoms. The predicted octanol–water partition coefficient (Wildman–Crippen LogP) is 2.69. The van der Waals surface area contributed by atoms with Crippen molar-refractivity contribution in [3.8, 4) is 11.5 Å². The van der Waals surface area contributed by atoms with Crippen molar-refractivity contribution < 1.29 is 10.2 Å². The van der Waals surface area contributed by atoms with Crippen molar-refractivity contribution in [1.82, 2.24) is 0 Å². The second-order valence-electron chi connectivity index (χ2n) is 2.17. The number of rotatable bonds is 1. The first kappa shape index (κ1) is 10.8. The Labute approximate surface area is 73.5 Å². The largest absolute Gasteiger partial charge is 0.508 e. The van der Waals surface area contributed by atoms with E-state index in [-0.39, 0.29) is 11.5 Å². The van der Waals surface area contributed by atoms with Crippen molar-refractivity contribution in [3.63, 3.8) is 0 Å². The van der Waals surface area contributed by atoms with Gasteiger partial charge >= 0.3 is 0 Å². The summed E-state index contributed by atoms with van der Waals surface area (Å²) in [4.78, 5) is 0. The number of hydrogen-bond acceptors (Lipinski definition) is 2. The Morgan fingerprint density at radius 2 is 1.75 bits per heavy atom. The van der Waals surface area contributed by atoms with Gasteiger partial charge in [-0.15, -0.1) is 0 Å². The van der Waals surface area contributed by atoms with E-state index < -0.39 is 0 Å². The Morgan fingerprint density at radius 1 is 1.17 bits per heavy atom. The van der Waals surface area contributed by atoms with Crippen LogP contribution in [0.3, 0.4) is 0 Å². The van der Waals surface area contributed by atoms with Crippen molar-refractivity contribution in [3.05, 3.63) is 23.8 Å². The minimum absolute atomic E-state index is 0.203. The molecule has 0 fully saturated rings. The molecule has 0 atom stereocenters. The fourth-order valence-corrected chi connectivity index (χ4v) is 0.855. The molecule has 0 saturated heterocycles. The van der Waals surface area contributed by atoms with Crippen molar-refractivity contribution in [2.45, 2.75) is 27.2 Å². The first-order chi connectivity index (χ1) is 5.74. The number of aromatic hydroxyl groups is 2. The second kappa shape index (κ2) is 5.47. The summed E-state index contributed by atoms with van der Waals surface area (Å²) in [5.74, 6) is 0.454. The average molecular weight is 168 g/mol. The Kier molecular flexibility index (Phi) is 4.93. The number of aryl methyl sites for hydroxylation is 1. The summed E-state index contributed by atoms with van der Waals surface area (Å²) in [6.07, 6.45) is 0.736. The summed E-state index contributed by atoms with van der Waals surface area (Å²) in [6.45, 7) is 5.93. The van der Waals surface area contributed by atoms with Crippen molar-refractivity contribution in [2.24, 2.45) is 0 Å². The maximum absolute atomic E-state index is 9.12. The van der Waals surface area contributed by atoms with Gasteiger partial charge < -0.3 is 10.2 Å². The molecule has 0 amide bonds. The van der Waals surface area contributed by atoms with E-state index in [4.69, 9.17) is 10.2 Å². The van der Waals surface area contributed by atoms with Crippen LogP contribution in [0.2, 0.25) is 0 Å². The molecule has 0 saturated carbocycles. The van der Waals surface area contributed by atoms with E-state index in [1.54, 1.807) is 6.07 Å². The fourth-order valence-electron chi connectivity index (χ4n) is 0.855. The molecule has 0 unspecified atom stereocenters. The summed E-state index contributed by atoms with van der Waals surface area (Å²) in [5.41, 5.74) is 0.778. The molecule has 0 aliphatic heterocycles. The van der Waals surface area contributed by atoms with Crippen LogP contribution in [0.1, 0.15) is 26.3 Å².